The minimum Gasteiger partial charge on any atom is -0.326 e. The maximum Gasteiger partial charge on any atom is 0.263 e. The van der Waals surface area contributed by atoms with Crippen molar-refractivity contribution in [3.63, 3.8) is 0 Å². The standard InChI is InChI=1S/C20H19ClN4O4S2/c1-12-11-19(23-13(2)22-12)25-31(28,29)15-5-3-14(4-6-15)24-20(27)10-7-16(26)17-8-9-18(21)30-17/h3-6,8-9,11H,7,10H2,1-2H3,(H,24,27)(H,22,23,25). The van der Waals surface area contributed by atoms with Gasteiger partial charge in [0.2, 0.25) is 5.91 Å². The summed E-state index contributed by atoms with van der Waals surface area (Å²) in [7, 11) is -3.85. The molecule has 0 saturated heterocycles. The van der Waals surface area contributed by atoms with Crippen molar-refractivity contribution in [3.8, 4) is 0 Å². The number of benzene rings is 1. The van der Waals surface area contributed by atoms with Crippen LogP contribution in [0, 0.1) is 13.8 Å². The molecule has 11 heteroatoms. The highest BCUT2D eigenvalue weighted by atomic mass is 35.5. The Morgan fingerprint density at radius 2 is 1.74 bits per heavy atom. The first kappa shape index (κ1) is 22.9. The van der Waals surface area contributed by atoms with E-state index in [1.54, 1.807) is 26.0 Å². The molecule has 3 rings (SSSR count). The van der Waals surface area contributed by atoms with E-state index in [-0.39, 0.29) is 35.2 Å². The first-order valence-corrected chi connectivity index (χ1v) is 11.8. The zero-order chi connectivity index (χ0) is 22.6. The van der Waals surface area contributed by atoms with E-state index in [1.165, 1.54) is 41.7 Å². The smallest absolute Gasteiger partial charge is 0.263 e. The molecule has 31 heavy (non-hydrogen) atoms. The fourth-order valence-corrected chi connectivity index (χ4v) is 4.72. The highest BCUT2D eigenvalue weighted by Crippen LogP contribution is 2.23. The van der Waals surface area contributed by atoms with Crippen LogP contribution in [0.3, 0.4) is 0 Å². The highest BCUT2D eigenvalue weighted by Gasteiger charge is 2.16. The molecule has 1 aromatic carbocycles. The number of hydrogen-bond donors (Lipinski definition) is 2. The van der Waals surface area contributed by atoms with E-state index >= 15 is 0 Å². The van der Waals surface area contributed by atoms with Gasteiger partial charge in [0, 0.05) is 30.3 Å². The van der Waals surface area contributed by atoms with Gasteiger partial charge < -0.3 is 5.32 Å². The van der Waals surface area contributed by atoms with Gasteiger partial charge in [-0.1, -0.05) is 11.6 Å². The number of carbonyl (C=O) groups excluding carboxylic acids is 2. The molecule has 1 amide bonds. The van der Waals surface area contributed by atoms with Gasteiger partial charge in [-0.25, -0.2) is 18.4 Å². The SMILES string of the molecule is Cc1cc(NS(=O)(=O)c2ccc(NC(=O)CCC(=O)c3ccc(Cl)s3)cc2)nc(C)n1. The van der Waals surface area contributed by atoms with Crippen LogP contribution >= 0.6 is 22.9 Å². The number of aromatic nitrogens is 2. The van der Waals surface area contributed by atoms with E-state index in [1.807, 2.05) is 0 Å². The van der Waals surface area contributed by atoms with Crippen LogP contribution in [0.5, 0.6) is 0 Å². The molecule has 0 bridgehead atoms. The fraction of sp³-hybridized carbons (Fsp3) is 0.200. The van der Waals surface area contributed by atoms with Gasteiger partial charge in [-0.3, -0.25) is 14.3 Å². The molecule has 0 atom stereocenters. The Hall–Kier alpha value is -2.82. The van der Waals surface area contributed by atoms with Crippen molar-refractivity contribution < 1.29 is 18.0 Å². The fourth-order valence-electron chi connectivity index (χ4n) is 2.72. The topological polar surface area (TPSA) is 118 Å². The molecule has 0 aliphatic heterocycles. The summed E-state index contributed by atoms with van der Waals surface area (Å²) in [5.74, 6) is 0.127. The summed E-state index contributed by atoms with van der Waals surface area (Å²) in [5.41, 5.74) is 1.06. The van der Waals surface area contributed by atoms with Crippen molar-refractivity contribution in [2.24, 2.45) is 0 Å². The number of hydrogen-bond acceptors (Lipinski definition) is 7. The molecule has 0 aliphatic rings. The Balaban J connectivity index is 1.58. The molecule has 2 aromatic heterocycles. The van der Waals surface area contributed by atoms with Crippen LogP contribution in [-0.2, 0) is 14.8 Å². The summed E-state index contributed by atoms with van der Waals surface area (Å²) in [6.45, 7) is 3.42. The van der Waals surface area contributed by atoms with Crippen LogP contribution in [0.25, 0.3) is 0 Å². The normalized spacial score (nSPS) is 11.2. The van der Waals surface area contributed by atoms with Crippen LogP contribution in [0.1, 0.15) is 34.0 Å². The summed E-state index contributed by atoms with van der Waals surface area (Å²) in [5, 5.41) is 2.65. The summed E-state index contributed by atoms with van der Waals surface area (Å²) in [6.07, 6.45) is 0.0548. The lowest BCUT2D eigenvalue weighted by Gasteiger charge is -2.10. The number of carbonyl (C=O) groups is 2. The molecule has 0 fully saturated rings. The first-order chi connectivity index (χ1) is 14.6. The highest BCUT2D eigenvalue weighted by molar-refractivity contribution is 7.92. The number of rotatable bonds is 8. The Morgan fingerprint density at radius 1 is 1.03 bits per heavy atom. The molecule has 0 unspecified atom stereocenters. The maximum atomic E-state index is 12.6. The van der Waals surface area contributed by atoms with E-state index in [2.05, 4.69) is 20.0 Å². The van der Waals surface area contributed by atoms with Crippen LogP contribution in [0.4, 0.5) is 11.5 Å². The number of Topliss-reactive ketones (excluding diaryl/α,β-unsaturated/α-hetero) is 1. The van der Waals surface area contributed by atoms with Gasteiger partial charge in [0.15, 0.2) is 5.78 Å². The molecule has 2 heterocycles. The second kappa shape index (κ2) is 9.54. The average Bonchev–Trinajstić information content (AvgIpc) is 3.12. The van der Waals surface area contributed by atoms with Crippen molar-refractivity contribution in [1.82, 2.24) is 9.97 Å². The Bertz CT molecular complexity index is 1200. The summed E-state index contributed by atoms with van der Waals surface area (Å²) >= 11 is 6.98. The number of nitrogens with one attached hydrogen (secondary N) is 2. The third-order valence-electron chi connectivity index (χ3n) is 4.08. The van der Waals surface area contributed by atoms with Gasteiger partial charge in [-0.05, 0) is 50.2 Å². The summed E-state index contributed by atoms with van der Waals surface area (Å²) in [4.78, 5) is 32.9. The lowest BCUT2D eigenvalue weighted by atomic mass is 10.2. The number of anilines is 2. The van der Waals surface area contributed by atoms with Crippen molar-refractivity contribution in [3.05, 3.63) is 63.2 Å². The number of sulfonamides is 1. The maximum absolute atomic E-state index is 12.6. The van der Waals surface area contributed by atoms with E-state index in [9.17, 15) is 18.0 Å². The Labute approximate surface area is 188 Å². The van der Waals surface area contributed by atoms with Gasteiger partial charge >= 0.3 is 0 Å². The summed E-state index contributed by atoms with van der Waals surface area (Å²) in [6, 6.07) is 10.5. The number of nitrogens with zero attached hydrogens (tertiary/aromatic N) is 2. The number of halogens is 1. The number of thiophene rings is 1. The second-order valence-corrected chi connectivity index (χ2v) is 10.0. The third-order valence-corrected chi connectivity index (χ3v) is 6.72. The monoisotopic (exact) mass is 478 g/mol. The quantitative estimate of drug-likeness (QED) is 0.468. The molecule has 0 spiro atoms. The lowest BCUT2D eigenvalue weighted by molar-refractivity contribution is -0.116. The van der Waals surface area contributed by atoms with Gasteiger partial charge in [0.25, 0.3) is 10.0 Å². The van der Waals surface area contributed by atoms with Gasteiger partial charge in [-0.15, -0.1) is 11.3 Å². The van der Waals surface area contributed by atoms with E-state index < -0.39 is 10.0 Å². The van der Waals surface area contributed by atoms with Gasteiger partial charge in [0.05, 0.1) is 14.1 Å². The molecule has 162 valence electrons. The predicted molar refractivity (Wildman–Crippen MR) is 120 cm³/mol. The van der Waals surface area contributed by atoms with Gasteiger partial charge in [0.1, 0.15) is 11.6 Å². The van der Waals surface area contributed by atoms with Gasteiger partial charge in [-0.2, -0.15) is 0 Å². The zero-order valence-corrected chi connectivity index (χ0v) is 19.1. The molecular formula is C20H19ClN4O4S2. The number of amides is 1. The zero-order valence-electron chi connectivity index (χ0n) is 16.7. The molecule has 0 saturated carbocycles. The molecule has 2 N–H and O–H groups in total. The predicted octanol–water partition coefficient (Wildman–Crippen LogP) is 4.21. The molecular weight excluding hydrogens is 460 g/mol. The lowest BCUT2D eigenvalue weighted by Crippen LogP contribution is -2.15. The molecule has 0 radical (unpaired) electrons. The molecule has 3 aromatic rings. The van der Waals surface area contributed by atoms with Crippen LogP contribution in [0.15, 0.2) is 47.4 Å². The Kier molecular flexibility index (Phi) is 7.04. The van der Waals surface area contributed by atoms with Crippen molar-refractivity contribution in [2.45, 2.75) is 31.6 Å². The largest absolute Gasteiger partial charge is 0.326 e. The Morgan fingerprint density at radius 3 is 2.35 bits per heavy atom. The number of aryl methyl sites for hydroxylation is 2. The molecule has 0 aliphatic carbocycles. The third kappa shape index (κ3) is 6.33. The van der Waals surface area contributed by atoms with E-state index in [4.69, 9.17) is 11.6 Å². The van der Waals surface area contributed by atoms with Crippen LogP contribution in [0.2, 0.25) is 4.34 Å². The van der Waals surface area contributed by atoms with Crippen LogP contribution in [-0.4, -0.2) is 30.1 Å². The second-order valence-electron chi connectivity index (χ2n) is 6.65. The van der Waals surface area contributed by atoms with E-state index in [0.717, 1.165) is 0 Å². The van der Waals surface area contributed by atoms with Crippen molar-refractivity contribution in [2.75, 3.05) is 10.0 Å². The van der Waals surface area contributed by atoms with Crippen molar-refractivity contribution >= 4 is 56.2 Å². The van der Waals surface area contributed by atoms with Crippen LogP contribution < -0.4 is 10.0 Å². The number of ketones is 1. The minimum absolute atomic E-state index is 0.00235. The molecule has 8 nitrogen and oxygen atoms in total. The van der Waals surface area contributed by atoms with E-state index in [0.29, 0.717) is 26.4 Å². The first-order valence-electron chi connectivity index (χ1n) is 9.16. The van der Waals surface area contributed by atoms with Crippen molar-refractivity contribution in [1.29, 1.82) is 0 Å². The minimum atomic E-state index is -3.85. The summed E-state index contributed by atoms with van der Waals surface area (Å²) < 4.78 is 28.1. The average molecular weight is 479 g/mol.